The van der Waals surface area contributed by atoms with Gasteiger partial charge in [-0.25, -0.2) is 0 Å². The second kappa shape index (κ2) is 6.63. The average molecular weight is 297 g/mol. The van der Waals surface area contributed by atoms with Crippen LogP contribution < -0.4 is 5.30 Å². The molecule has 10 heavy (non-hydrogen) atoms. The molecule has 0 saturated heterocycles. The molecule has 1 unspecified atom stereocenters. The molecule has 1 atom stereocenters. The molecule has 0 aliphatic rings. The van der Waals surface area contributed by atoms with Gasteiger partial charge in [-0.15, -0.1) is 0 Å². The summed E-state index contributed by atoms with van der Waals surface area (Å²) in [6.07, 6.45) is 1.27. The SMILES string of the molecule is CCPc1ccccc1.[Tb]. The first-order valence-corrected chi connectivity index (χ1v) is 4.43. The number of hydrogen-bond acceptors (Lipinski definition) is 0. The van der Waals surface area contributed by atoms with Crippen LogP contribution in [0.5, 0.6) is 0 Å². The quantitative estimate of drug-likeness (QED) is 0.733. The van der Waals surface area contributed by atoms with Crippen LogP contribution >= 0.6 is 8.58 Å². The summed E-state index contributed by atoms with van der Waals surface area (Å²) < 4.78 is 0. The van der Waals surface area contributed by atoms with Gasteiger partial charge in [-0.05, 0) is 11.5 Å². The van der Waals surface area contributed by atoms with Crippen molar-refractivity contribution >= 4 is 13.9 Å². The van der Waals surface area contributed by atoms with Gasteiger partial charge in [-0.3, -0.25) is 0 Å². The van der Waals surface area contributed by atoms with Crippen molar-refractivity contribution in [2.24, 2.45) is 0 Å². The van der Waals surface area contributed by atoms with Gasteiger partial charge in [0, 0.05) is 38.6 Å². The topological polar surface area (TPSA) is 0 Å². The normalized spacial score (nSPS) is 9.70. The molecule has 1 rings (SSSR count). The zero-order valence-corrected chi connectivity index (χ0v) is 9.07. The minimum absolute atomic E-state index is 0. The molecule has 0 heterocycles. The number of benzene rings is 1. The molecule has 0 spiro atoms. The predicted octanol–water partition coefficient (Wildman–Crippen LogP) is 2.01. The van der Waals surface area contributed by atoms with Crippen molar-refractivity contribution in [2.45, 2.75) is 6.92 Å². The molecule has 0 aliphatic heterocycles. The van der Waals surface area contributed by atoms with E-state index in [0.29, 0.717) is 0 Å². The predicted molar refractivity (Wildman–Crippen MR) is 44.9 cm³/mol. The first-order chi connectivity index (χ1) is 4.43. The van der Waals surface area contributed by atoms with E-state index < -0.39 is 0 Å². The summed E-state index contributed by atoms with van der Waals surface area (Å²) >= 11 is 0. The molecule has 0 fully saturated rings. The monoisotopic (exact) mass is 297 g/mol. The Morgan fingerprint density at radius 2 is 1.80 bits per heavy atom. The molecule has 0 saturated carbocycles. The van der Waals surface area contributed by atoms with Gasteiger partial charge in [-0.2, -0.15) is 0 Å². The first-order valence-electron chi connectivity index (χ1n) is 3.22. The molecule has 0 aliphatic carbocycles. The summed E-state index contributed by atoms with van der Waals surface area (Å²) in [5.74, 6) is 0. The van der Waals surface area contributed by atoms with Crippen molar-refractivity contribution in [1.29, 1.82) is 0 Å². The summed E-state index contributed by atoms with van der Waals surface area (Å²) in [7, 11) is 0.987. The van der Waals surface area contributed by atoms with E-state index in [1.54, 1.807) is 0 Å². The molecular weight excluding hydrogens is 286 g/mol. The van der Waals surface area contributed by atoms with E-state index >= 15 is 0 Å². The summed E-state index contributed by atoms with van der Waals surface area (Å²) in [6, 6.07) is 10.6. The molecule has 0 nitrogen and oxygen atoms in total. The fourth-order valence-corrected chi connectivity index (χ4v) is 1.60. The van der Waals surface area contributed by atoms with Crippen LogP contribution in [0, 0.1) is 38.6 Å². The van der Waals surface area contributed by atoms with Gasteiger partial charge in [0.2, 0.25) is 0 Å². The zero-order valence-electron chi connectivity index (χ0n) is 5.93. The van der Waals surface area contributed by atoms with Gasteiger partial charge in [0.1, 0.15) is 0 Å². The third-order valence-corrected chi connectivity index (χ3v) is 2.25. The third-order valence-electron chi connectivity index (χ3n) is 1.15. The summed E-state index contributed by atoms with van der Waals surface area (Å²) in [4.78, 5) is 0. The maximum atomic E-state index is 2.21. The fourth-order valence-electron chi connectivity index (χ4n) is 0.760. The van der Waals surface area contributed by atoms with Crippen LogP contribution in [-0.4, -0.2) is 6.16 Å². The molecule has 0 amide bonds. The largest absolute Gasteiger partial charge is 0.0907 e. The summed E-state index contributed by atoms with van der Waals surface area (Å²) in [6.45, 7) is 2.21. The van der Waals surface area contributed by atoms with Crippen LogP contribution in [-0.2, 0) is 0 Å². The van der Waals surface area contributed by atoms with Crippen LogP contribution in [0.4, 0.5) is 0 Å². The maximum Gasteiger partial charge on any atom is 0 e. The van der Waals surface area contributed by atoms with Crippen LogP contribution in [0.3, 0.4) is 0 Å². The molecule has 0 bridgehead atoms. The standard InChI is InChI=1S/C8H11P.Tb/c1-2-9-8-6-4-3-5-7-8;/h3-7,9H,2H2,1H3;. The Bertz CT molecular complexity index is 162. The van der Waals surface area contributed by atoms with Crippen LogP contribution in [0.2, 0.25) is 0 Å². The van der Waals surface area contributed by atoms with Crippen molar-refractivity contribution < 1.29 is 38.6 Å². The van der Waals surface area contributed by atoms with Crippen molar-refractivity contribution in [3.8, 4) is 0 Å². The average Bonchev–Trinajstić information content (AvgIpc) is 1.91. The Morgan fingerprint density at radius 3 is 2.30 bits per heavy atom. The first kappa shape index (κ1) is 10.9. The fraction of sp³-hybridized carbons (Fsp3) is 0.250. The van der Waals surface area contributed by atoms with Crippen molar-refractivity contribution in [1.82, 2.24) is 0 Å². The molecule has 57 valence electrons. The Labute approximate surface area is 95.0 Å². The summed E-state index contributed by atoms with van der Waals surface area (Å²) in [5, 5.41) is 1.47. The zero-order chi connectivity index (χ0) is 6.53. The van der Waals surface area contributed by atoms with E-state index in [0.717, 1.165) is 8.58 Å². The van der Waals surface area contributed by atoms with E-state index in [1.807, 2.05) is 0 Å². The van der Waals surface area contributed by atoms with Crippen LogP contribution in [0.1, 0.15) is 6.92 Å². The van der Waals surface area contributed by atoms with Gasteiger partial charge in [0.05, 0.1) is 0 Å². The van der Waals surface area contributed by atoms with E-state index in [2.05, 4.69) is 37.3 Å². The van der Waals surface area contributed by atoms with Crippen LogP contribution in [0.25, 0.3) is 0 Å². The Balaban J connectivity index is 0.000000810. The van der Waals surface area contributed by atoms with Crippen molar-refractivity contribution in [2.75, 3.05) is 6.16 Å². The molecule has 0 aromatic heterocycles. The molecule has 1 aromatic carbocycles. The van der Waals surface area contributed by atoms with E-state index in [4.69, 9.17) is 0 Å². The van der Waals surface area contributed by atoms with E-state index in [9.17, 15) is 0 Å². The summed E-state index contributed by atoms with van der Waals surface area (Å²) in [5.41, 5.74) is 0. The van der Waals surface area contributed by atoms with Gasteiger partial charge in [0.25, 0.3) is 0 Å². The van der Waals surface area contributed by atoms with Gasteiger partial charge >= 0.3 is 0 Å². The van der Waals surface area contributed by atoms with Gasteiger partial charge in [0.15, 0.2) is 0 Å². The number of rotatable bonds is 2. The van der Waals surface area contributed by atoms with Gasteiger partial charge in [-0.1, -0.05) is 45.8 Å². The van der Waals surface area contributed by atoms with E-state index in [1.165, 1.54) is 11.5 Å². The number of hydrogen-bond donors (Lipinski definition) is 0. The van der Waals surface area contributed by atoms with Gasteiger partial charge < -0.3 is 0 Å². The molecule has 2 heteroatoms. The molecule has 0 N–H and O–H groups in total. The Kier molecular flexibility index (Phi) is 7.25. The molecular formula is C8H11PTb. The Morgan fingerprint density at radius 1 is 1.20 bits per heavy atom. The Hall–Kier alpha value is 0.936. The minimum atomic E-state index is 0. The smallest absolute Gasteiger partial charge is 0 e. The van der Waals surface area contributed by atoms with E-state index in [-0.39, 0.29) is 38.6 Å². The maximum absolute atomic E-state index is 2.21. The third kappa shape index (κ3) is 3.95. The van der Waals surface area contributed by atoms with Crippen molar-refractivity contribution in [3.63, 3.8) is 0 Å². The van der Waals surface area contributed by atoms with Crippen molar-refractivity contribution in [3.05, 3.63) is 30.3 Å². The molecule has 1 aromatic rings. The second-order valence-corrected chi connectivity index (χ2v) is 3.53. The molecule has 1 radical (unpaired) electrons. The van der Waals surface area contributed by atoms with Crippen LogP contribution in [0.15, 0.2) is 30.3 Å². The second-order valence-electron chi connectivity index (χ2n) is 1.90. The minimum Gasteiger partial charge on any atom is -0.0907 e.